The third-order valence-corrected chi connectivity index (χ3v) is 4.12. The SMILES string of the molecule is Cn1cncc1CN1CCCC(Nc2cc(C(F)(F)F)ncn2)C1. The van der Waals surface area contributed by atoms with Crippen LogP contribution in [0.4, 0.5) is 19.0 Å². The van der Waals surface area contributed by atoms with Gasteiger partial charge in [0.25, 0.3) is 0 Å². The fourth-order valence-electron chi connectivity index (χ4n) is 2.88. The van der Waals surface area contributed by atoms with Gasteiger partial charge in [-0.3, -0.25) is 4.90 Å². The van der Waals surface area contributed by atoms with Crippen LogP contribution >= 0.6 is 0 Å². The standard InChI is InChI=1S/C15H19F3N6/c1-23-10-19-6-12(23)8-24-4-2-3-11(7-24)22-14-5-13(15(16,17)18)20-9-21-14/h5-6,9-11H,2-4,7-8H2,1H3,(H,20,21,22). The van der Waals surface area contributed by atoms with Crippen molar-refractivity contribution in [2.45, 2.75) is 31.6 Å². The molecule has 1 aliphatic heterocycles. The van der Waals surface area contributed by atoms with Crippen molar-refractivity contribution in [1.29, 1.82) is 0 Å². The number of hydrogen-bond donors (Lipinski definition) is 1. The molecule has 130 valence electrons. The van der Waals surface area contributed by atoms with Crippen molar-refractivity contribution >= 4 is 5.82 Å². The molecule has 1 fully saturated rings. The van der Waals surface area contributed by atoms with Crippen LogP contribution in [0.3, 0.4) is 0 Å². The van der Waals surface area contributed by atoms with E-state index >= 15 is 0 Å². The van der Waals surface area contributed by atoms with Crippen LogP contribution in [0, 0.1) is 0 Å². The molecule has 1 aliphatic rings. The summed E-state index contributed by atoms with van der Waals surface area (Å²) < 4.78 is 40.1. The summed E-state index contributed by atoms with van der Waals surface area (Å²) >= 11 is 0. The molecule has 1 N–H and O–H groups in total. The number of aryl methyl sites for hydroxylation is 1. The summed E-state index contributed by atoms with van der Waals surface area (Å²) in [6.45, 7) is 2.48. The Bertz CT molecular complexity index is 684. The predicted octanol–water partition coefficient (Wildman–Crippen LogP) is 2.31. The Labute approximate surface area is 137 Å². The smallest absolute Gasteiger partial charge is 0.366 e. The average molecular weight is 340 g/mol. The zero-order valence-electron chi connectivity index (χ0n) is 13.3. The Hall–Kier alpha value is -2.16. The second kappa shape index (κ2) is 6.76. The summed E-state index contributed by atoms with van der Waals surface area (Å²) in [5, 5.41) is 3.10. The molecule has 24 heavy (non-hydrogen) atoms. The Balaban J connectivity index is 1.62. The van der Waals surface area contributed by atoms with E-state index < -0.39 is 11.9 Å². The molecule has 1 saturated heterocycles. The van der Waals surface area contributed by atoms with E-state index in [1.54, 1.807) is 6.33 Å². The molecule has 1 unspecified atom stereocenters. The average Bonchev–Trinajstić information content (AvgIpc) is 2.92. The van der Waals surface area contributed by atoms with Gasteiger partial charge in [-0.05, 0) is 19.4 Å². The molecule has 3 heterocycles. The fourth-order valence-corrected chi connectivity index (χ4v) is 2.88. The first-order chi connectivity index (χ1) is 11.4. The number of alkyl halides is 3. The third-order valence-electron chi connectivity index (χ3n) is 4.12. The summed E-state index contributed by atoms with van der Waals surface area (Å²) in [5.74, 6) is 0.213. The number of nitrogens with zero attached hydrogens (tertiary/aromatic N) is 5. The van der Waals surface area contributed by atoms with Gasteiger partial charge in [0.1, 0.15) is 17.8 Å². The minimum absolute atomic E-state index is 0.0583. The Kier molecular flexibility index (Phi) is 4.70. The lowest BCUT2D eigenvalue weighted by molar-refractivity contribution is -0.141. The Morgan fingerprint density at radius 1 is 1.33 bits per heavy atom. The Morgan fingerprint density at radius 3 is 2.88 bits per heavy atom. The molecule has 0 radical (unpaired) electrons. The molecule has 2 aromatic rings. The molecule has 0 aromatic carbocycles. The van der Waals surface area contributed by atoms with E-state index in [4.69, 9.17) is 0 Å². The maximum absolute atomic E-state index is 12.7. The quantitative estimate of drug-likeness (QED) is 0.926. The van der Waals surface area contributed by atoms with Crippen LogP contribution in [0.15, 0.2) is 24.9 Å². The lowest BCUT2D eigenvalue weighted by Gasteiger charge is -2.33. The van der Waals surface area contributed by atoms with E-state index in [9.17, 15) is 13.2 Å². The summed E-state index contributed by atoms with van der Waals surface area (Å²) in [4.78, 5) is 13.6. The molecule has 0 bridgehead atoms. The molecular weight excluding hydrogens is 321 g/mol. The van der Waals surface area contributed by atoms with Crippen LogP contribution in [-0.4, -0.2) is 43.6 Å². The van der Waals surface area contributed by atoms with E-state index in [0.717, 1.165) is 50.6 Å². The fraction of sp³-hybridized carbons (Fsp3) is 0.533. The minimum Gasteiger partial charge on any atom is -0.366 e. The van der Waals surface area contributed by atoms with Gasteiger partial charge in [-0.2, -0.15) is 13.2 Å². The Morgan fingerprint density at radius 2 is 2.17 bits per heavy atom. The van der Waals surface area contributed by atoms with Gasteiger partial charge in [-0.1, -0.05) is 0 Å². The van der Waals surface area contributed by atoms with Gasteiger partial charge in [0.2, 0.25) is 0 Å². The largest absolute Gasteiger partial charge is 0.433 e. The van der Waals surface area contributed by atoms with Crippen molar-refractivity contribution in [2.75, 3.05) is 18.4 Å². The molecule has 6 nitrogen and oxygen atoms in total. The van der Waals surface area contributed by atoms with E-state index in [0.29, 0.717) is 0 Å². The zero-order valence-corrected chi connectivity index (χ0v) is 13.3. The van der Waals surface area contributed by atoms with Gasteiger partial charge in [0, 0.05) is 38.4 Å². The third kappa shape index (κ3) is 4.02. The number of rotatable bonds is 4. The molecule has 1 atom stereocenters. The number of imidazole rings is 1. The van der Waals surface area contributed by atoms with Gasteiger partial charge in [0.15, 0.2) is 0 Å². The van der Waals surface area contributed by atoms with Crippen LogP contribution in [0.2, 0.25) is 0 Å². The summed E-state index contributed by atoms with van der Waals surface area (Å²) in [7, 11) is 1.95. The lowest BCUT2D eigenvalue weighted by Crippen LogP contribution is -2.42. The molecule has 0 amide bonds. The van der Waals surface area contributed by atoms with Gasteiger partial charge < -0.3 is 9.88 Å². The van der Waals surface area contributed by atoms with Gasteiger partial charge in [-0.25, -0.2) is 15.0 Å². The normalized spacial score (nSPS) is 19.4. The van der Waals surface area contributed by atoms with Gasteiger partial charge in [-0.15, -0.1) is 0 Å². The number of anilines is 1. The van der Waals surface area contributed by atoms with E-state index in [1.165, 1.54) is 0 Å². The van der Waals surface area contributed by atoms with E-state index in [-0.39, 0.29) is 11.9 Å². The molecule has 3 rings (SSSR count). The monoisotopic (exact) mass is 340 g/mol. The van der Waals surface area contributed by atoms with Crippen LogP contribution in [0.25, 0.3) is 0 Å². The first-order valence-electron chi connectivity index (χ1n) is 7.75. The zero-order chi connectivity index (χ0) is 17.2. The van der Waals surface area contributed by atoms with Crippen molar-refractivity contribution in [3.63, 3.8) is 0 Å². The maximum Gasteiger partial charge on any atom is 0.433 e. The number of hydrogen-bond acceptors (Lipinski definition) is 5. The van der Waals surface area contributed by atoms with Crippen LogP contribution in [-0.2, 0) is 19.8 Å². The van der Waals surface area contributed by atoms with Crippen molar-refractivity contribution < 1.29 is 13.2 Å². The lowest BCUT2D eigenvalue weighted by atomic mass is 10.1. The number of aromatic nitrogens is 4. The number of piperidine rings is 1. The van der Waals surface area contributed by atoms with Crippen LogP contribution in [0.1, 0.15) is 24.2 Å². The van der Waals surface area contributed by atoms with Crippen LogP contribution in [0.5, 0.6) is 0 Å². The number of nitrogens with one attached hydrogen (secondary N) is 1. The van der Waals surface area contributed by atoms with E-state index in [2.05, 4.69) is 25.2 Å². The van der Waals surface area contributed by atoms with Crippen molar-refractivity contribution in [2.24, 2.45) is 7.05 Å². The molecule has 0 spiro atoms. The van der Waals surface area contributed by atoms with Crippen molar-refractivity contribution in [3.05, 3.63) is 36.3 Å². The molecule has 9 heteroatoms. The topological polar surface area (TPSA) is 58.9 Å². The highest BCUT2D eigenvalue weighted by Crippen LogP contribution is 2.28. The first kappa shape index (κ1) is 16.7. The van der Waals surface area contributed by atoms with Gasteiger partial charge in [0.05, 0.1) is 12.0 Å². The summed E-state index contributed by atoms with van der Waals surface area (Å²) in [6.07, 6.45) is 1.95. The number of halogens is 3. The molecule has 0 saturated carbocycles. The highest BCUT2D eigenvalue weighted by molar-refractivity contribution is 5.37. The first-order valence-corrected chi connectivity index (χ1v) is 7.75. The van der Waals surface area contributed by atoms with E-state index in [1.807, 2.05) is 17.8 Å². The second-order valence-electron chi connectivity index (χ2n) is 6.00. The van der Waals surface area contributed by atoms with Crippen molar-refractivity contribution in [3.8, 4) is 0 Å². The highest BCUT2D eigenvalue weighted by atomic mass is 19.4. The van der Waals surface area contributed by atoms with Gasteiger partial charge >= 0.3 is 6.18 Å². The molecule has 2 aromatic heterocycles. The second-order valence-corrected chi connectivity index (χ2v) is 6.00. The molecule has 0 aliphatic carbocycles. The maximum atomic E-state index is 12.7. The van der Waals surface area contributed by atoms with Crippen LogP contribution < -0.4 is 5.32 Å². The minimum atomic E-state index is -4.46. The van der Waals surface area contributed by atoms with Crippen molar-refractivity contribution in [1.82, 2.24) is 24.4 Å². The highest BCUT2D eigenvalue weighted by Gasteiger charge is 2.33. The summed E-state index contributed by atoms with van der Waals surface area (Å²) in [6, 6.07) is 1.02. The molecular formula is C15H19F3N6. The number of likely N-dealkylation sites (tertiary alicyclic amines) is 1. The predicted molar refractivity (Wildman–Crippen MR) is 82.2 cm³/mol. The summed E-state index contributed by atoms with van der Waals surface area (Å²) in [5.41, 5.74) is 0.180.